The summed E-state index contributed by atoms with van der Waals surface area (Å²) in [6, 6.07) is 13.4. The second-order valence-electron chi connectivity index (χ2n) is 5.27. The fourth-order valence-corrected chi connectivity index (χ4v) is 2.59. The van der Waals surface area contributed by atoms with Gasteiger partial charge in [0.05, 0.1) is 6.10 Å². The van der Waals surface area contributed by atoms with E-state index in [0.717, 1.165) is 22.6 Å². The Morgan fingerprint density at radius 3 is 2.77 bits per heavy atom. The Morgan fingerprint density at radius 2 is 1.95 bits per heavy atom. The van der Waals surface area contributed by atoms with Crippen molar-refractivity contribution < 1.29 is 14.6 Å². The van der Waals surface area contributed by atoms with E-state index in [0.29, 0.717) is 24.5 Å². The van der Waals surface area contributed by atoms with Crippen molar-refractivity contribution in [1.29, 1.82) is 0 Å². The molecule has 4 nitrogen and oxygen atoms in total. The largest absolute Gasteiger partial charge is 0.454 e. The normalized spacial score (nSPS) is 14.1. The van der Waals surface area contributed by atoms with Crippen LogP contribution in [0.15, 0.2) is 42.5 Å². The molecule has 3 rings (SSSR count). The molecule has 1 atom stereocenters. The number of aliphatic hydroxyl groups excluding tert-OH is 1. The van der Waals surface area contributed by atoms with Crippen LogP contribution >= 0.6 is 11.6 Å². The van der Waals surface area contributed by atoms with Gasteiger partial charge in [0.15, 0.2) is 11.5 Å². The molecule has 0 spiro atoms. The molecule has 1 aliphatic heterocycles. The van der Waals surface area contributed by atoms with Gasteiger partial charge in [0, 0.05) is 23.7 Å². The lowest BCUT2D eigenvalue weighted by Crippen LogP contribution is -2.28. The number of hydrogen-bond donors (Lipinski definition) is 2. The molecule has 5 heteroatoms. The van der Waals surface area contributed by atoms with E-state index < -0.39 is 6.10 Å². The van der Waals surface area contributed by atoms with Gasteiger partial charge in [-0.2, -0.15) is 0 Å². The van der Waals surface area contributed by atoms with Crippen molar-refractivity contribution in [3.63, 3.8) is 0 Å². The van der Waals surface area contributed by atoms with Crippen LogP contribution in [0.3, 0.4) is 0 Å². The van der Waals surface area contributed by atoms with Crippen LogP contribution in [0.5, 0.6) is 11.5 Å². The minimum Gasteiger partial charge on any atom is -0.454 e. The highest BCUT2D eigenvalue weighted by atomic mass is 35.5. The lowest BCUT2D eigenvalue weighted by Gasteiger charge is -2.13. The summed E-state index contributed by atoms with van der Waals surface area (Å²) in [6.45, 7) is 1.41. The molecule has 1 heterocycles. The summed E-state index contributed by atoms with van der Waals surface area (Å²) in [4.78, 5) is 0. The van der Waals surface area contributed by atoms with E-state index in [1.165, 1.54) is 0 Å². The molecule has 1 aliphatic rings. The van der Waals surface area contributed by atoms with E-state index >= 15 is 0 Å². The first-order valence-electron chi connectivity index (χ1n) is 7.23. The molecule has 0 amide bonds. The van der Waals surface area contributed by atoms with Crippen LogP contribution in [0.2, 0.25) is 5.02 Å². The van der Waals surface area contributed by atoms with Gasteiger partial charge in [0.2, 0.25) is 6.79 Å². The van der Waals surface area contributed by atoms with E-state index in [1.807, 2.05) is 42.5 Å². The predicted molar refractivity (Wildman–Crippen MR) is 85.4 cm³/mol. The van der Waals surface area contributed by atoms with Crippen LogP contribution in [0, 0.1) is 0 Å². The highest BCUT2D eigenvalue weighted by Crippen LogP contribution is 2.35. The van der Waals surface area contributed by atoms with E-state index in [2.05, 4.69) is 5.32 Å². The van der Waals surface area contributed by atoms with Crippen molar-refractivity contribution in [2.45, 2.75) is 19.1 Å². The minimum absolute atomic E-state index is 0.269. The number of hydrogen-bond acceptors (Lipinski definition) is 4. The summed E-state index contributed by atoms with van der Waals surface area (Å²) in [6.07, 6.45) is 0.145. The Hall–Kier alpha value is -1.75. The maximum absolute atomic E-state index is 10.1. The molecular formula is C17H18ClNO3. The number of fused-ring (bicyclic) bond motifs is 1. The summed E-state index contributed by atoms with van der Waals surface area (Å²) < 4.78 is 10.8. The average molecular weight is 320 g/mol. The summed E-state index contributed by atoms with van der Waals surface area (Å²) in [5, 5.41) is 14.0. The Labute approximate surface area is 134 Å². The van der Waals surface area contributed by atoms with Crippen molar-refractivity contribution in [2.24, 2.45) is 0 Å². The van der Waals surface area contributed by atoms with E-state index in [-0.39, 0.29) is 6.79 Å². The van der Waals surface area contributed by atoms with Gasteiger partial charge in [-0.25, -0.2) is 0 Å². The third-order valence-corrected chi connectivity index (χ3v) is 3.81. The number of para-hydroxylation sites is 1. The molecule has 116 valence electrons. The Balaban J connectivity index is 1.49. The molecule has 0 bridgehead atoms. The van der Waals surface area contributed by atoms with Crippen LogP contribution in [0.4, 0.5) is 0 Å². The zero-order chi connectivity index (χ0) is 15.4. The van der Waals surface area contributed by atoms with Crippen molar-refractivity contribution in [1.82, 2.24) is 5.32 Å². The van der Waals surface area contributed by atoms with Gasteiger partial charge in [0.1, 0.15) is 0 Å². The van der Waals surface area contributed by atoms with Gasteiger partial charge < -0.3 is 19.9 Å². The number of halogens is 1. The lowest BCUT2D eigenvalue weighted by atomic mass is 10.1. The summed E-state index contributed by atoms with van der Waals surface area (Å²) in [5.74, 6) is 1.57. The van der Waals surface area contributed by atoms with Gasteiger partial charge in [-0.1, -0.05) is 35.9 Å². The third-order valence-electron chi connectivity index (χ3n) is 3.56. The first kappa shape index (κ1) is 15.2. The first-order valence-corrected chi connectivity index (χ1v) is 7.61. The Bertz CT molecular complexity index is 630. The highest BCUT2D eigenvalue weighted by Gasteiger charge is 2.16. The average Bonchev–Trinajstić information content (AvgIpc) is 2.99. The molecule has 0 radical (unpaired) electrons. The molecule has 0 saturated carbocycles. The standard InChI is InChI=1S/C17H18ClNO3/c18-14-6-4-12(5-7-14)8-15(20)10-19-9-13-2-1-3-16-17(13)22-11-21-16/h1-7,15,19-20H,8-11H2. The zero-order valence-corrected chi connectivity index (χ0v) is 12.8. The summed E-state index contributed by atoms with van der Waals surface area (Å²) in [5.41, 5.74) is 2.10. The SMILES string of the molecule is OC(CNCc1cccc2c1OCO2)Cc1ccc(Cl)cc1. The fraction of sp³-hybridized carbons (Fsp3) is 0.294. The fourth-order valence-electron chi connectivity index (χ4n) is 2.47. The maximum atomic E-state index is 10.1. The molecule has 2 aromatic rings. The highest BCUT2D eigenvalue weighted by molar-refractivity contribution is 6.30. The number of nitrogens with one attached hydrogen (secondary N) is 1. The second kappa shape index (κ2) is 7.01. The second-order valence-corrected chi connectivity index (χ2v) is 5.70. The van der Waals surface area contributed by atoms with E-state index in [1.54, 1.807) is 0 Å². The predicted octanol–water partition coefficient (Wildman–Crippen LogP) is 2.76. The molecular weight excluding hydrogens is 302 g/mol. The van der Waals surface area contributed by atoms with Crippen LogP contribution in [0.1, 0.15) is 11.1 Å². The Morgan fingerprint density at radius 1 is 1.14 bits per heavy atom. The van der Waals surface area contributed by atoms with Crippen LogP contribution in [0.25, 0.3) is 0 Å². The third kappa shape index (κ3) is 3.71. The van der Waals surface area contributed by atoms with Crippen LogP contribution in [-0.4, -0.2) is 24.5 Å². The smallest absolute Gasteiger partial charge is 0.231 e. The van der Waals surface area contributed by atoms with Gasteiger partial charge in [-0.05, 0) is 30.2 Å². The molecule has 0 aromatic heterocycles. The quantitative estimate of drug-likeness (QED) is 0.859. The molecule has 0 fully saturated rings. The number of ether oxygens (including phenoxy) is 2. The van der Waals surface area contributed by atoms with Gasteiger partial charge >= 0.3 is 0 Å². The lowest BCUT2D eigenvalue weighted by molar-refractivity contribution is 0.168. The monoisotopic (exact) mass is 319 g/mol. The maximum Gasteiger partial charge on any atom is 0.231 e. The number of rotatable bonds is 6. The molecule has 0 saturated heterocycles. The van der Waals surface area contributed by atoms with Crippen molar-refractivity contribution in [3.05, 3.63) is 58.6 Å². The van der Waals surface area contributed by atoms with Crippen LogP contribution in [-0.2, 0) is 13.0 Å². The van der Waals surface area contributed by atoms with Crippen LogP contribution < -0.4 is 14.8 Å². The molecule has 2 aromatic carbocycles. The first-order chi connectivity index (χ1) is 10.7. The van der Waals surface area contributed by atoms with Crippen molar-refractivity contribution in [3.8, 4) is 11.5 Å². The van der Waals surface area contributed by atoms with Crippen molar-refractivity contribution in [2.75, 3.05) is 13.3 Å². The van der Waals surface area contributed by atoms with Crippen molar-refractivity contribution >= 4 is 11.6 Å². The molecule has 22 heavy (non-hydrogen) atoms. The van der Waals surface area contributed by atoms with E-state index in [9.17, 15) is 5.11 Å². The van der Waals surface area contributed by atoms with E-state index in [4.69, 9.17) is 21.1 Å². The van der Waals surface area contributed by atoms with Gasteiger partial charge in [-0.15, -0.1) is 0 Å². The molecule has 0 aliphatic carbocycles. The summed E-state index contributed by atoms with van der Waals surface area (Å²) in [7, 11) is 0. The van der Waals surface area contributed by atoms with Gasteiger partial charge in [0.25, 0.3) is 0 Å². The molecule has 2 N–H and O–H groups in total. The minimum atomic E-state index is -0.449. The number of aliphatic hydroxyl groups is 1. The zero-order valence-electron chi connectivity index (χ0n) is 12.1. The Kier molecular flexibility index (Phi) is 4.83. The summed E-state index contributed by atoms with van der Waals surface area (Å²) >= 11 is 5.85. The topological polar surface area (TPSA) is 50.7 Å². The molecule has 1 unspecified atom stereocenters. The van der Waals surface area contributed by atoms with Gasteiger partial charge in [-0.3, -0.25) is 0 Å². The number of benzene rings is 2.